The summed E-state index contributed by atoms with van der Waals surface area (Å²) in [5, 5.41) is 2.79. The van der Waals surface area contributed by atoms with Gasteiger partial charge in [0.2, 0.25) is 0 Å². The van der Waals surface area contributed by atoms with Crippen molar-refractivity contribution < 1.29 is 9.36 Å². The van der Waals surface area contributed by atoms with E-state index in [-0.39, 0.29) is 5.91 Å². The van der Waals surface area contributed by atoms with Crippen LogP contribution in [-0.4, -0.2) is 41.4 Å². The average Bonchev–Trinajstić information content (AvgIpc) is 3.25. The fourth-order valence-electron chi connectivity index (χ4n) is 1.87. The number of nitrogens with zero attached hydrogens (tertiary/aromatic N) is 2. The maximum Gasteiger partial charge on any atom is 0.311 e. The van der Waals surface area contributed by atoms with Gasteiger partial charge in [-0.1, -0.05) is 0 Å². The number of amides is 1. The number of benzene rings is 1. The number of halogens is 3. The summed E-state index contributed by atoms with van der Waals surface area (Å²) in [5.41, 5.74) is 0.603. The fraction of sp³-hybridized carbons (Fsp3) is 0.364. The summed E-state index contributed by atoms with van der Waals surface area (Å²) in [6.45, 7) is 3.20. The first-order valence-electron chi connectivity index (χ1n) is 6.00. The van der Waals surface area contributed by atoms with Gasteiger partial charge in [0.25, 0.3) is 5.91 Å². The quantitative estimate of drug-likeness (QED) is 0.241. The van der Waals surface area contributed by atoms with Gasteiger partial charge in [0.15, 0.2) is 0 Å². The molecule has 2 fully saturated rings. The van der Waals surface area contributed by atoms with Gasteiger partial charge < -0.3 is 0 Å². The van der Waals surface area contributed by atoms with Crippen LogP contribution in [0.5, 0.6) is 0 Å². The molecule has 0 bridgehead atoms. The molecule has 1 aromatic carbocycles. The second-order valence-electron chi connectivity index (χ2n) is 4.64. The van der Waals surface area contributed by atoms with Crippen molar-refractivity contribution >= 4 is 81.3 Å². The number of hydrogen-bond acceptors (Lipinski definition) is 2. The van der Waals surface area contributed by atoms with Crippen molar-refractivity contribution in [3.63, 3.8) is 0 Å². The van der Waals surface area contributed by atoms with Gasteiger partial charge >= 0.3 is 7.59 Å². The van der Waals surface area contributed by atoms with Crippen molar-refractivity contribution in [1.29, 1.82) is 0 Å². The van der Waals surface area contributed by atoms with Crippen molar-refractivity contribution in [2.75, 3.05) is 26.2 Å². The molecule has 2 aliphatic heterocycles. The minimum Gasteiger partial charge on any atom is -0.279 e. The third kappa shape index (κ3) is 3.19. The standard InChI is InChI=1S/C11H11I3N3O2P/c12-7-5-8(10(14)9(13)6-7)11(18)15-20(19,16-1-2-16)17-3-4-17/h5-6H,1-4H2,(H,15,18,19). The van der Waals surface area contributed by atoms with Crippen LogP contribution in [-0.2, 0) is 4.57 Å². The lowest BCUT2D eigenvalue weighted by Crippen LogP contribution is -2.28. The first-order valence-corrected chi connectivity index (χ1v) is 10.8. The van der Waals surface area contributed by atoms with Crippen LogP contribution < -0.4 is 5.09 Å². The van der Waals surface area contributed by atoms with Crippen LogP contribution in [0.2, 0.25) is 0 Å². The third-order valence-corrected chi connectivity index (χ3v) is 9.59. The highest BCUT2D eigenvalue weighted by atomic mass is 127. The molecule has 0 radical (unpaired) electrons. The van der Waals surface area contributed by atoms with Crippen LogP contribution >= 0.6 is 75.4 Å². The first-order chi connectivity index (χ1) is 9.41. The van der Waals surface area contributed by atoms with Gasteiger partial charge in [-0.15, -0.1) is 0 Å². The highest BCUT2D eigenvalue weighted by Crippen LogP contribution is 2.56. The summed E-state index contributed by atoms with van der Waals surface area (Å²) in [4.78, 5) is 12.5. The van der Waals surface area contributed by atoms with Crippen LogP contribution in [0, 0.1) is 10.7 Å². The Hall–Kier alpha value is 1.03. The Kier molecular flexibility index (Phi) is 4.70. The maximum atomic E-state index is 12.9. The van der Waals surface area contributed by atoms with Gasteiger partial charge in [0.1, 0.15) is 0 Å². The molecule has 0 spiro atoms. The molecule has 0 aromatic heterocycles. The summed E-state index contributed by atoms with van der Waals surface area (Å²) >= 11 is 6.57. The normalized spacial score (nSPS) is 18.9. The van der Waals surface area contributed by atoms with Crippen molar-refractivity contribution in [1.82, 2.24) is 14.4 Å². The number of nitrogens with one attached hydrogen (secondary N) is 1. The van der Waals surface area contributed by atoms with E-state index >= 15 is 0 Å². The predicted molar refractivity (Wildman–Crippen MR) is 103 cm³/mol. The van der Waals surface area contributed by atoms with E-state index in [1.807, 2.05) is 21.5 Å². The molecule has 20 heavy (non-hydrogen) atoms. The summed E-state index contributed by atoms with van der Waals surface area (Å²) in [6, 6.07) is 3.86. The molecule has 108 valence electrons. The first kappa shape index (κ1) is 15.9. The summed E-state index contributed by atoms with van der Waals surface area (Å²) in [6.07, 6.45) is 0. The molecule has 2 aliphatic rings. The SMILES string of the molecule is O=C(NP(=O)(N1CC1)N1CC1)c1cc(I)cc(I)c1I. The second kappa shape index (κ2) is 5.91. The third-order valence-electron chi connectivity index (χ3n) is 3.10. The van der Waals surface area contributed by atoms with Crippen molar-refractivity contribution in [2.24, 2.45) is 0 Å². The van der Waals surface area contributed by atoms with E-state index in [1.54, 1.807) is 0 Å². The molecule has 5 nitrogen and oxygen atoms in total. The summed E-state index contributed by atoms with van der Waals surface area (Å²) < 4.78 is 19.6. The Labute approximate surface area is 158 Å². The Morgan fingerprint density at radius 1 is 1.10 bits per heavy atom. The minimum atomic E-state index is -2.85. The molecule has 0 aliphatic carbocycles. The molecular formula is C11H11I3N3O2P. The molecule has 1 amide bonds. The van der Waals surface area contributed by atoms with Crippen LogP contribution in [0.1, 0.15) is 10.4 Å². The molecule has 0 atom stereocenters. The van der Waals surface area contributed by atoms with E-state index in [1.165, 1.54) is 0 Å². The van der Waals surface area contributed by atoms with E-state index in [4.69, 9.17) is 0 Å². The zero-order valence-electron chi connectivity index (χ0n) is 10.3. The maximum absolute atomic E-state index is 12.9. The van der Waals surface area contributed by atoms with E-state index in [2.05, 4.69) is 72.9 Å². The van der Waals surface area contributed by atoms with E-state index in [0.29, 0.717) is 5.56 Å². The van der Waals surface area contributed by atoms with E-state index in [0.717, 1.165) is 36.9 Å². The van der Waals surface area contributed by atoms with Crippen LogP contribution in [0.3, 0.4) is 0 Å². The lowest BCUT2D eigenvalue weighted by atomic mass is 10.2. The Balaban J connectivity index is 1.88. The summed E-state index contributed by atoms with van der Waals surface area (Å²) in [7, 11) is -2.85. The van der Waals surface area contributed by atoms with E-state index in [9.17, 15) is 9.36 Å². The highest BCUT2D eigenvalue weighted by molar-refractivity contribution is 14.1. The van der Waals surface area contributed by atoms with Crippen LogP contribution in [0.25, 0.3) is 0 Å². The zero-order valence-corrected chi connectivity index (χ0v) is 17.6. The Morgan fingerprint density at radius 3 is 2.15 bits per heavy atom. The van der Waals surface area contributed by atoms with Crippen LogP contribution in [0.4, 0.5) is 0 Å². The predicted octanol–water partition coefficient (Wildman–Crippen LogP) is 2.97. The van der Waals surface area contributed by atoms with Crippen molar-refractivity contribution in [3.8, 4) is 0 Å². The minimum absolute atomic E-state index is 0.243. The lowest BCUT2D eigenvalue weighted by molar-refractivity contribution is 0.0976. The molecule has 0 saturated carbocycles. The zero-order chi connectivity index (χ0) is 14.5. The van der Waals surface area contributed by atoms with Gasteiger partial charge in [-0.3, -0.25) is 14.4 Å². The summed E-state index contributed by atoms with van der Waals surface area (Å²) in [5.74, 6) is -0.243. The number of carbonyl (C=O) groups is 1. The Bertz CT molecular complexity index is 616. The lowest BCUT2D eigenvalue weighted by Gasteiger charge is -2.21. The highest BCUT2D eigenvalue weighted by Gasteiger charge is 2.49. The van der Waals surface area contributed by atoms with E-state index < -0.39 is 7.59 Å². The molecule has 2 saturated heterocycles. The van der Waals surface area contributed by atoms with Gasteiger partial charge in [-0.2, -0.15) is 0 Å². The molecule has 1 N–H and O–H groups in total. The number of hydrogen-bond donors (Lipinski definition) is 1. The van der Waals surface area contributed by atoms with Gasteiger partial charge in [0, 0.05) is 36.9 Å². The Morgan fingerprint density at radius 2 is 1.65 bits per heavy atom. The molecule has 0 unspecified atom stereocenters. The molecule has 9 heteroatoms. The topological polar surface area (TPSA) is 52.2 Å². The smallest absolute Gasteiger partial charge is 0.279 e. The fourth-order valence-corrected chi connectivity index (χ4v) is 6.56. The monoisotopic (exact) mass is 629 g/mol. The average molecular weight is 629 g/mol. The number of carbonyl (C=O) groups excluding carboxylic acids is 1. The van der Waals surface area contributed by atoms with Crippen molar-refractivity contribution in [2.45, 2.75) is 0 Å². The molecule has 3 rings (SSSR count). The van der Waals surface area contributed by atoms with Gasteiger partial charge in [-0.05, 0) is 79.9 Å². The largest absolute Gasteiger partial charge is 0.311 e. The molecule has 2 heterocycles. The number of rotatable bonds is 4. The second-order valence-corrected chi connectivity index (χ2v) is 10.6. The molecule has 1 aromatic rings. The molecular weight excluding hydrogens is 618 g/mol. The van der Waals surface area contributed by atoms with Gasteiger partial charge in [-0.25, -0.2) is 9.34 Å². The van der Waals surface area contributed by atoms with Gasteiger partial charge in [0.05, 0.1) is 5.56 Å². The van der Waals surface area contributed by atoms with Crippen LogP contribution in [0.15, 0.2) is 12.1 Å². The van der Waals surface area contributed by atoms with Crippen molar-refractivity contribution in [3.05, 3.63) is 28.4 Å².